The van der Waals surface area contributed by atoms with Crippen LogP contribution in [0.5, 0.6) is 0 Å². The topological polar surface area (TPSA) is 81.3 Å². The number of hydrogen-bond donors (Lipinski definition) is 1. The summed E-state index contributed by atoms with van der Waals surface area (Å²) in [7, 11) is 1.36. The Balaban J connectivity index is 3.17. The smallest absolute Gasteiger partial charge is 0.337 e. The van der Waals surface area contributed by atoms with Crippen LogP contribution in [0.3, 0.4) is 0 Å². The van der Waals surface area contributed by atoms with Crippen molar-refractivity contribution in [3.05, 3.63) is 31.3 Å². The highest BCUT2D eigenvalue weighted by molar-refractivity contribution is 7.19. The Labute approximate surface area is 112 Å². The third kappa shape index (κ3) is 1.81. The largest absolute Gasteiger partial charge is 0.478 e. The third-order valence-electron chi connectivity index (χ3n) is 3.03. The first-order chi connectivity index (χ1) is 8.77. The van der Waals surface area contributed by atoms with Gasteiger partial charge in [-0.15, -0.1) is 11.3 Å². The standard InChI is InChI=1S/C12H14N2O4S/c1-5(2)14-10-8(9(15)13(4)12(14)18)7(11(16)17)6(3)19-10/h5H,1-4H3,(H,16,17). The molecule has 0 aliphatic rings. The number of aryl methyl sites for hydroxylation is 1. The maximum Gasteiger partial charge on any atom is 0.337 e. The minimum Gasteiger partial charge on any atom is -0.478 e. The van der Waals surface area contributed by atoms with E-state index < -0.39 is 17.2 Å². The summed E-state index contributed by atoms with van der Waals surface area (Å²) in [6.07, 6.45) is 0. The summed E-state index contributed by atoms with van der Waals surface area (Å²) in [4.78, 5) is 36.5. The molecule has 6 nitrogen and oxygen atoms in total. The summed E-state index contributed by atoms with van der Waals surface area (Å²) in [5, 5.41) is 9.35. The van der Waals surface area contributed by atoms with Crippen molar-refractivity contribution in [2.24, 2.45) is 7.05 Å². The van der Waals surface area contributed by atoms with E-state index in [1.807, 2.05) is 13.8 Å². The van der Waals surface area contributed by atoms with Crippen molar-refractivity contribution in [3.63, 3.8) is 0 Å². The molecule has 0 saturated carbocycles. The Hall–Kier alpha value is -1.89. The second kappa shape index (κ2) is 4.34. The molecule has 0 aliphatic heterocycles. The highest BCUT2D eigenvalue weighted by Crippen LogP contribution is 2.28. The molecule has 1 N–H and O–H groups in total. The molecule has 2 aromatic heterocycles. The SMILES string of the molecule is Cc1sc2c(c1C(=O)O)c(=O)n(C)c(=O)n2C(C)C. The molecule has 2 aromatic rings. The second-order valence-corrected chi connectivity index (χ2v) is 5.83. The lowest BCUT2D eigenvalue weighted by Crippen LogP contribution is -2.38. The minimum atomic E-state index is -1.14. The third-order valence-corrected chi connectivity index (χ3v) is 4.13. The van der Waals surface area contributed by atoms with E-state index in [0.29, 0.717) is 9.71 Å². The van der Waals surface area contributed by atoms with Crippen LogP contribution in [0.15, 0.2) is 9.59 Å². The van der Waals surface area contributed by atoms with Gasteiger partial charge in [0.2, 0.25) is 0 Å². The fraction of sp³-hybridized carbons (Fsp3) is 0.417. The van der Waals surface area contributed by atoms with E-state index in [1.54, 1.807) is 6.92 Å². The molecule has 0 aliphatic carbocycles. The lowest BCUT2D eigenvalue weighted by atomic mass is 10.2. The van der Waals surface area contributed by atoms with Crippen molar-refractivity contribution in [2.45, 2.75) is 26.8 Å². The van der Waals surface area contributed by atoms with Crippen LogP contribution in [0.1, 0.15) is 35.1 Å². The van der Waals surface area contributed by atoms with Crippen LogP contribution in [0, 0.1) is 6.92 Å². The average molecular weight is 282 g/mol. The molecule has 102 valence electrons. The Morgan fingerprint density at radius 1 is 1.32 bits per heavy atom. The van der Waals surface area contributed by atoms with Crippen molar-refractivity contribution >= 4 is 27.5 Å². The van der Waals surface area contributed by atoms with Gasteiger partial charge in [0.15, 0.2) is 0 Å². The maximum absolute atomic E-state index is 12.2. The zero-order valence-electron chi connectivity index (χ0n) is 11.1. The molecule has 2 rings (SSSR count). The number of rotatable bonds is 2. The van der Waals surface area contributed by atoms with Crippen LogP contribution in [0.4, 0.5) is 0 Å². The average Bonchev–Trinajstić information content (AvgIpc) is 2.63. The maximum atomic E-state index is 12.2. The van der Waals surface area contributed by atoms with Crippen LogP contribution in [0.25, 0.3) is 10.2 Å². The summed E-state index contributed by atoms with van der Waals surface area (Å²) in [6.45, 7) is 5.28. The van der Waals surface area contributed by atoms with E-state index in [9.17, 15) is 19.5 Å². The number of carboxylic acid groups (broad SMARTS) is 1. The van der Waals surface area contributed by atoms with Gasteiger partial charge in [-0.2, -0.15) is 0 Å². The van der Waals surface area contributed by atoms with Gasteiger partial charge in [0.1, 0.15) is 4.83 Å². The number of hydrogen-bond acceptors (Lipinski definition) is 4. The van der Waals surface area contributed by atoms with Gasteiger partial charge in [-0.05, 0) is 20.8 Å². The Bertz CT molecular complexity index is 795. The summed E-state index contributed by atoms with van der Waals surface area (Å²) in [5.74, 6) is -1.14. The molecule has 2 heterocycles. The lowest BCUT2D eigenvalue weighted by Gasteiger charge is -2.12. The van der Waals surface area contributed by atoms with E-state index in [0.717, 1.165) is 4.57 Å². The molecule has 0 aromatic carbocycles. The molecular weight excluding hydrogens is 268 g/mol. The molecule has 0 unspecified atom stereocenters. The molecule has 0 saturated heterocycles. The van der Waals surface area contributed by atoms with Gasteiger partial charge >= 0.3 is 11.7 Å². The fourth-order valence-corrected chi connectivity index (χ4v) is 3.37. The zero-order chi connectivity index (χ0) is 14.5. The van der Waals surface area contributed by atoms with Crippen LogP contribution in [-0.4, -0.2) is 20.2 Å². The number of fused-ring (bicyclic) bond motifs is 1. The van der Waals surface area contributed by atoms with E-state index in [2.05, 4.69) is 0 Å². The Kier molecular flexibility index (Phi) is 3.09. The molecule has 0 fully saturated rings. The first kappa shape index (κ1) is 13.5. The van der Waals surface area contributed by atoms with Crippen LogP contribution < -0.4 is 11.2 Å². The highest BCUT2D eigenvalue weighted by atomic mass is 32.1. The Morgan fingerprint density at radius 3 is 2.37 bits per heavy atom. The zero-order valence-corrected chi connectivity index (χ0v) is 11.9. The molecule has 7 heteroatoms. The van der Waals surface area contributed by atoms with Crippen molar-refractivity contribution in [1.29, 1.82) is 0 Å². The van der Waals surface area contributed by atoms with Crippen molar-refractivity contribution < 1.29 is 9.90 Å². The number of carboxylic acids is 1. The van der Waals surface area contributed by atoms with Gasteiger partial charge in [-0.3, -0.25) is 13.9 Å². The minimum absolute atomic E-state index is 0.00463. The van der Waals surface area contributed by atoms with Crippen molar-refractivity contribution in [1.82, 2.24) is 9.13 Å². The van der Waals surface area contributed by atoms with Gasteiger partial charge in [0.05, 0.1) is 10.9 Å². The lowest BCUT2D eigenvalue weighted by molar-refractivity contribution is 0.0698. The molecule has 0 spiro atoms. The van der Waals surface area contributed by atoms with Crippen LogP contribution >= 0.6 is 11.3 Å². The number of aromatic carboxylic acids is 1. The van der Waals surface area contributed by atoms with Gasteiger partial charge in [-0.25, -0.2) is 9.59 Å². The summed E-state index contributed by atoms with van der Waals surface area (Å²) < 4.78 is 2.42. The first-order valence-corrected chi connectivity index (χ1v) is 6.57. The van der Waals surface area contributed by atoms with Crippen molar-refractivity contribution in [3.8, 4) is 0 Å². The van der Waals surface area contributed by atoms with Crippen LogP contribution in [-0.2, 0) is 7.05 Å². The highest BCUT2D eigenvalue weighted by Gasteiger charge is 2.23. The first-order valence-electron chi connectivity index (χ1n) is 5.75. The fourth-order valence-electron chi connectivity index (χ4n) is 2.11. The van der Waals surface area contributed by atoms with E-state index in [-0.39, 0.29) is 17.0 Å². The van der Waals surface area contributed by atoms with E-state index in [1.165, 1.54) is 23.0 Å². The normalized spacial score (nSPS) is 11.4. The molecule has 0 radical (unpaired) electrons. The molecule has 0 amide bonds. The number of nitrogens with zero attached hydrogens (tertiary/aromatic N) is 2. The summed E-state index contributed by atoms with van der Waals surface area (Å²) in [5.41, 5.74) is -0.987. The number of thiophene rings is 1. The van der Waals surface area contributed by atoms with Gasteiger partial charge in [-0.1, -0.05) is 0 Å². The molecule has 19 heavy (non-hydrogen) atoms. The van der Waals surface area contributed by atoms with Gasteiger partial charge in [0, 0.05) is 18.0 Å². The predicted molar refractivity (Wildman–Crippen MR) is 73.4 cm³/mol. The monoisotopic (exact) mass is 282 g/mol. The Morgan fingerprint density at radius 2 is 1.89 bits per heavy atom. The molecule has 0 bridgehead atoms. The van der Waals surface area contributed by atoms with Gasteiger partial charge in [0.25, 0.3) is 5.56 Å². The quantitative estimate of drug-likeness (QED) is 0.901. The number of carbonyl (C=O) groups is 1. The van der Waals surface area contributed by atoms with E-state index in [4.69, 9.17) is 0 Å². The second-order valence-electron chi connectivity index (χ2n) is 4.63. The molecule has 0 atom stereocenters. The van der Waals surface area contributed by atoms with Crippen molar-refractivity contribution in [2.75, 3.05) is 0 Å². The summed E-state index contributed by atoms with van der Waals surface area (Å²) >= 11 is 1.17. The number of aromatic nitrogens is 2. The van der Waals surface area contributed by atoms with Gasteiger partial charge < -0.3 is 5.11 Å². The van der Waals surface area contributed by atoms with Crippen LogP contribution in [0.2, 0.25) is 0 Å². The molecular formula is C12H14N2O4S. The predicted octanol–water partition coefficient (Wildman–Crippen LogP) is 1.35. The summed E-state index contributed by atoms with van der Waals surface area (Å²) in [6, 6.07) is -0.151. The van der Waals surface area contributed by atoms with E-state index >= 15 is 0 Å².